The number of carbonyl (C=O) groups is 1. The first-order valence-corrected chi connectivity index (χ1v) is 8.10. The van der Waals surface area contributed by atoms with Crippen LogP contribution in [0, 0.1) is 0 Å². The van der Waals surface area contributed by atoms with Gasteiger partial charge in [-0.15, -0.1) is 11.8 Å². The van der Waals surface area contributed by atoms with E-state index in [4.69, 9.17) is 4.74 Å². The van der Waals surface area contributed by atoms with E-state index in [2.05, 4.69) is 29.2 Å². The fourth-order valence-electron chi connectivity index (χ4n) is 2.20. The second-order valence-electron chi connectivity index (χ2n) is 6.11. The van der Waals surface area contributed by atoms with Crippen molar-refractivity contribution in [2.24, 2.45) is 0 Å². The van der Waals surface area contributed by atoms with E-state index in [9.17, 15) is 4.79 Å². The molecule has 1 fully saturated rings. The minimum absolute atomic E-state index is 0.0633. The minimum atomic E-state index is -0.403. The van der Waals surface area contributed by atoms with Gasteiger partial charge in [0.2, 0.25) is 0 Å². The molecule has 0 bridgehead atoms. The van der Waals surface area contributed by atoms with Crippen LogP contribution in [0.4, 0.5) is 0 Å². The average Bonchev–Trinajstić information content (AvgIpc) is 2.38. The zero-order valence-electron chi connectivity index (χ0n) is 12.5. The van der Waals surface area contributed by atoms with Crippen molar-refractivity contribution < 1.29 is 9.53 Å². The first-order valence-electron chi connectivity index (χ1n) is 7.05. The summed E-state index contributed by atoms with van der Waals surface area (Å²) in [6.45, 7) is 8.45. The Hall–Kier alpha value is -1.00. The summed E-state index contributed by atoms with van der Waals surface area (Å²) in [6, 6.07) is 10.4. The summed E-state index contributed by atoms with van der Waals surface area (Å²) in [5.74, 6) is 0.900. The molecular formula is C16H23NO2S. The van der Waals surface area contributed by atoms with Gasteiger partial charge >= 0.3 is 5.97 Å². The van der Waals surface area contributed by atoms with Crippen molar-refractivity contribution in [3.05, 3.63) is 35.9 Å². The third kappa shape index (κ3) is 4.84. The van der Waals surface area contributed by atoms with Crippen LogP contribution < -0.4 is 0 Å². The van der Waals surface area contributed by atoms with E-state index in [0.29, 0.717) is 0 Å². The number of carbonyl (C=O) groups excluding carboxylic acids is 1. The molecule has 1 aliphatic rings. The highest BCUT2D eigenvalue weighted by Crippen LogP contribution is 2.23. The van der Waals surface area contributed by atoms with E-state index < -0.39 is 5.60 Å². The molecule has 0 radical (unpaired) electrons. The Labute approximate surface area is 125 Å². The molecule has 0 spiro atoms. The lowest BCUT2D eigenvalue weighted by Crippen LogP contribution is -2.43. The van der Waals surface area contributed by atoms with Crippen molar-refractivity contribution in [3.8, 4) is 0 Å². The third-order valence-electron chi connectivity index (χ3n) is 3.07. The van der Waals surface area contributed by atoms with Crippen molar-refractivity contribution in [1.29, 1.82) is 0 Å². The van der Waals surface area contributed by atoms with Gasteiger partial charge in [-0.25, -0.2) is 0 Å². The average molecular weight is 293 g/mol. The fraction of sp³-hybridized carbons (Fsp3) is 0.562. The Balaban J connectivity index is 1.90. The van der Waals surface area contributed by atoms with Crippen molar-refractivity contribution in [2.45, 2.75) is 38.2 Å². The molecule has 0 amide bonds. The molecule has 0 aliphatic carbocycles. The van der Waals surface area contributed by atoms with Crippen LogP contribution in [-0.2, 0) is 16.1 Å². The molecule has 1 unspecified atom stereocenters. The van der Waals surface area contributed by atoms with E-state index >= 15 is 0 Å². The predicted molar refractivity (Wildman–Crippen MR) is 83.8 cm³/mol. The SMILES string of the molecule is CC(C)(C)OC(=O)C1CN(Cc2ccccc2)CCS1. The Morgan fingerprint density at radius 1 is 1.35 bits per heavy atom. The summed E-state index contributed by atoms with van der Waals surface area (Å²) in [5.41, 5.74) is 0.890. The lowest BCUT2D eigenvalue weighted by molar-refractivity contribution is -0.154. The molecule has 1 atom stereocenters. The molecule has 0 aromatic heterocycles. The Morgan fingerprint density at radius 2 is 2.05 bits per heavy atom. The second-order valence-corrected chi connectivity index (χ2v) is 7.42. The van der Waals surface area contributed by atoms with Gasteiger partial charge in [0.15, 0.2) is 0 Å². The van der Waals surface area contributed by atoms with Gasteiger partial charge in [-0.2, -0.15) is 0 Å². The van der Waals surface area contributed by atoms with Crippen LogP contribution in [0.2, 0.25) is 0 Å². The molecule has 4 heteroatoms. The summed E-state index contributed by atoms with van der Waals surface area (Å²) < 4.78 is 5.49. The van der Waals surface area contributed by atoms with Gasteiger partial charge in [-0.05, 0) is 26.3 Å². The highest BCUT2D eigenvalue weighted by Gasteiger charge is 2.30. The number of benzene rings is 1. The first-order chi connectivity index (χ1) is 9.44. The van der Waals surface area contributed by atoms with Gasteiger partial charge in [0.05, 0.1) is 0 Å². The molecule has 1 heterocycles. The molecule has 0 N–H and O–H groups in total. The summed E-state index contributed by atoms with van der Waals surface area (Å²) >= 11 is 1.71. The number of esters is 1. The summed E-state index contributed by atoms with van der Waals surface area (Å²) in [5, 5.41) is -0.0633. The van der Waals surface area contributed by atoms with Gasteiger partial charge in [0.1, 0.15) is 10.9 Å². The lowest BCUT2D eigenvalue weighted by Gasteiger charge is -2.32. The molecule has 1 aromatic carbocycles. The van der Waals surface area contributed by atoms with Gasteiger partial charge < -0.3 is 4.74 Å². The van der Waals surface area contributed by atoms with Crippen molar-refractivity contribution in [3.63, 3.8) is 0 Å². The zero-order valence-corrected chi connectivity index (χ0v) is 13.3. The largest absolute Gasteiger partial charge is 0.459 e. The minimum Gasteiger partial charge on any atom is -0.459 e. The van der Waals surface area contributed by atoms with Crippen LogP contribution in [0.25, 0.3) is 0 Å². The third-order valence-corrected chi connectivity index (χ3v) is 4.23. The molecule has 2 rings (SSSR count). The van der Waals surface area contributed by atoms with Crippen LogP contribution in [0.1, 0.15) is 26.3 Å². The van der Waals surface area contributed by atoms with E-state index in [1.165, 1.54) is 5.56 Å². The monoisotopic (exact) mass is 293 g/mol. The van der Waals surface area contributed by atoms with E-state index in [0.717, 1.165) is 25.4 Å². The Morgan fingerprint density at radius 3 is 2.70 bits per heavy atom. The first kappa shape index (κ1) is 15.4. The van der Waals surface area contributed by atoms with E-state index in [1.54, 1.807) is 11.8 Å². The number of nitrogens with zero attached hydrogens (tertiary/aromatic N) is 1. The van der Waals surface area contributed by atoms with E-state index in [-0.39, 0.29) is 11.2 Å². The molecular weight excluding hydrogens is 270 g/mol. The van der Waals surface area contributed by atoms with Gasteiger partial charge in [-0.3, -0.25) is 9.69 Å². The number of rotatable bonds is 3. The molecule has 110 valence electrons. The quantitative estimate of drug-likeness (QED) is 0.801. The summed E-state index contributed by atoms with van der Waals surface area (Å²) in [7, 11) is 0. The molecule has 0 saturated carbocycles. The summed E-state index contributed by atoms with van der Waals surface area (Å²) in [4.78, 5) is 14.5. The molecule has 3 nitrogen and oxygen atoms in total. The van der Waals surface area contributed by atoms with E-state index in [1.807, 2.05) is 26.8 Å². The fourth-order valence-corrected chi connectivity index (χ4v) is 3.35. The standard InChI is InChI=1S/C16H23NO2S/c1-16(2,3)19-15(18)14-12-17(9-10-20-14)11-13-7-5-4-6-8-13/h4-8,14H,9-12H2,1-3H3. The van der Waals surface area contributed by atoms with Crippen LogP contribution in [0.5, 0.6) is 0 Å². The van der Waals surface area contributed by atoms with Crippen molar-refractivity contribution >= 4 is 17.7 Å². The maximum atomic E-state index is 12.1. The molecule has 1 aromatic rings. The molecule has 1 aliphatic heterocycles. The topological polar surface area (TPSA) is 29.5 Å². The van der Waals surface area contributed by atoms with Gasteiger partial charge in [0, 0.05) is 25.4 Å². The predicted octanol–water partition coefficient (Wildman–Crippen LogP) is 2.95. The Bertz CT molecular complexity index is 442. The van der Waals surface area contributed by atoms with Crippen LogP contribution in [0.15, 0.2) is 30.3 Å². The lowest BCUT2D eigenvalue weighted by atomic mass is 10.2. The highest BCUT2D eigenvalue weighted by molar-refractivity contribution is 8.00. The molecule has 20 heavy (non-hydrogen) atoms. The zero-order chi connectivity index (χ0) is 14.6. The normalized spacial score (nSPS) is 20.6. The van der Waals surface area contributed by atoms with Crippen molar-refractivity contribution in [2.75, 3.05) is 18.8 Å². The van der Waals surface area contributed by atoms with Crippen molar-refractivity contribution in [1.82, 2.24) is 4.90 Å². The summed E-state index contributed by atoms with van der Waals surface area (Å²) in [6.07, 6.45) is 0. The number of ether oxygens (including phenoxy) is 1. The van der Waals surface area contributed by atoms with Crippen LogP contribution in [-0.4, -0.2) is 40.6 Å². The van der Waals surface area contributed by atoms with Gasteiger partial charge in [0.25, 0.3) is 0 Å². The second kappa shape index (κ2) is 6.64. The number of hydrogen-bond acceptors (Lipinski definition) is 4. The Kier molecular flexibility index (Phi) is 5.11. The van der Waals surface area contributed by atoms with Crippen LogP contribution in [0.3, 0.4) is 0 Å². The number of hydrogen-bond donors (Lipinski definition) is 0. The smallest absolute Gasteiger partial charge is 0.320 e. The number of thioether (sulfide) groups is 1. The highest BCUT2D eigenvalue weighted by atomic mass is 32.2. The van der Waals surface area contributed by atoms with Crippen LogP contribution >= 0.6 is 11.8 Å². The molecule has 1 saturated heterocycles. The maximum Gasteiger partial charge on any atom is 0.320 e. The van der Waals surface area contributed by atoms with Gasteiger partial charge in [-0.1, -0.05) is 30.3 Å². The maximum absolute atomic E-state index is 12.1.